The number of aryl methyl sites for hydroxylation is 2. The second-order valence-electron chi connectivity index (χ2n) is 8.66. The molecule has 2 aromatic carbocycles. The van der Waals surface area contributed by atoms with Crippen LogP contribution in [-0.2, 0) is 4.79 Å². The zero-order valence-corrected chi connectivity index (χ0v) is 21.6. The first kappa shape index (κ1) is 28.6. The Kier molecular flexibility index (Phi) is 11.9. The molecular formula is C25H32FNaO5. The molecule has 2 N–H and O–H groups in total. The average Bonchev–Trinajstić information content (AvgIpc) is 2.64. The normalized spacial score (nSPS) is 13.9. The Morgan fingerprint density at radius 3 is 2.25 bits per heavy atom. The molecule has 0 spiro atoms. The van der Waals surface area contributed by atoms with Crippen LogP contribution >= 0.6 is 0 Å². The van der Waals surface area contributed by atoms with Gasteiger partial charge in [0.2, 0.25) is 0 Å². The molecular weight excluding hydrogens is 422 g/mol. The Bertz CT molecular complexity index is 869. The van der Waals surface area contributed by atoms with E-state index in [9.17, 15) is 24.5 Å². The van der Waals surface area contributed by atoms with Crippen LogP contribution in [0.1, 0.15) is 61.3 Å². The van der Waals surface area contributed by atoms with Gasteiger partial charge in [0.25, 0.3) is 0 Å². The maximum absolute atomic E-state index is 13.5. The monoisotopic (exact) mass is 454 g/mol. The number of halogens is 1. The van der Waals surface area contributed by atoms with Gasteiger partial charge < -0.3 is 24.9 Å². The number of carbonyl (C=O) groups excluding carboxylic acids is 1. The Morgan fingerprint density at radius 2 is 1.69 bits per heavy atom. The van der Waals surface area contributed by atoms with Gasteiger partial charge in [-0.25, -0.2) is 4.39 Å². The summed E-state index contributed by atoms with van der Waals surface area (Å²) in [7, 11) is 0. The first-order chi connectivity index (χ1) is 14.6. The predicted molar refractivity (Wildman–Crippen MR) is 115 cm³/mol. The van der Waals surface area contributed by atoms with Crippen LogP contribution in [0.5, 0.6) is 5.75 Å². The van der Waals surface area contributed by atoms with Gasteiger partial charge in [0.15, 0.2) is 0 Å². The smallest absolute Gasteiger partial charge is 0.550 e. The van der Waals surface area contributed by atoms with Crippen molar-refractivity contribution in [3.8, 4) is 5.75 Å². The number of carboxylic acids is 1. The fraction of sp³-hybridized carbons (Fsp3) is 0.480. The molecule has 0 aliphatic rings. The maximum Gasteiger partial charge on any atom is 1.00 e. The number of carbonyl (C=O) groups is 1. The van der Waals surface area contributed by atoms with Crippen molar-refractivity contribution in [3.63, 3.8) is 0 Å². The molecule has 0 aromatic heterocycles. The quantitative estimate of drug-likeness (QED) is 0.476. The first-order valence-electron chi connectivity index (χ1n) is 10.6. The van der Waals surface area contributed by atoms with Crippen LogP contribution in [-0.4, -0.2) is 35.0 Å². The minimum atomic E-state index is -1.37. The van der Waals surface area contributed by atoms with E-state index in [-0.39, 0.29) is 54.3 Å². The topological polar surface area (TPSA) is 89.8 Å². The zero-order valence-electron chi connectivity index (χ0n) is 19.6. The largest absolute Gasteiger partial charge is 1.00 e. The summed E-state index contributed by atoms with van der Waals surface area (Å²) in [5.74, 6) is -0.645. The molecule has 32 heavy (non-hydrogen) atoms. The van der Waals surface area contributed by atoms with E-state index in [4.69, 9.17) is 4.74 Å². The molecule has 0 heterocycles. The molecule has 0 bridgehead atoms. The third kappa shape index (κ3) is 8.83. The summed E-state index contributed by atoms with van der Waals surface area (Å²) in [6, 6.07) is 10.5. The molecule has 0 saturated heterocycles. The number of rotatable bonds is 11. The summed E-state index contributed by atoms with van der Waals surface area (Å²) in [4.78, 5) is 10.6. The van der Waals surface area contributed by atoms with E-state index >= 15 is 0 Å². The number of benzene rings is 2. The van der Waals surface area contributed by atoms with Crippen molar-refractivity contribution in [1.29, 1.82) is 0 Å². The second kappa shape index (κ2) is 13.3. The number of aliphatic hydroxyl groups is 2. The van der Waals surface area contributed by atoms with Gasteiger partial charge in [-0.2, -0.15) is 0 Å². The summed E-state index contributed by atoms with van der Waals surface area (Å²) in [5.41, 5.74) is 3.92. The summed E-state index contributed by atoms with van der Waals surface area (Å²) in [5, 5.41) is 30.5. The molecule has 7 heteroatoms. The number of aliphatic hydroxyl groups excluding tert-OH is 2. The molecule has 3 atom stereocenters. The molecule has 170 valence electrons. The molecule has 0 amide bonds. The standard InChI is InChI=1S/C25H33FO5.Na/c1-15(2)9-22(18-5-7-19(26)8-6-18)23-11-16(3)10-17(4)25(23)31-14-21(28)12-20(27)13-24(29)30;/h5-8,10-11,15,20-22,27-28H,9,12-14H2,1-4H3,(H,29,30);/q;+1/p-1/t20-,21+,22?;/m1./s1. The summed E-state index contributed by atoms with van der Waals surface area (Å²) in [6.45, 7) is 8.10. The van der Waals surface area contributed by atoms with E-state index in [1.165, 1.54) is 12.1 Å². The minimum Gasteiger partial charge on any atom is -0.550 e. The number of hydrogen-bond acceptors (Lipinski definition) is 5. The second-order valence-corrected chi connectivity index (χ2v) is 8.66. The van der Waals surface area contributed by atoms with E-state index < -0.39 is 24.6 Å². The van der Waals surface area contributed by atoms with E-state index in [1.807, 2.05) is 19.9 Å². The predicted octanol–water partition coefficient (Wildman–Crippen LogP) is 0.255. The fourth-order valence-electron chi connectivity index (χ4n) is 3.89. The van der Waals surface area contributed by atoms with Crippen molar-refractivity contribution in [2.75, 3.05) is 6.61 Å². The van der Waals surface area contributed by atoms with Gasteiger partial charge in [0, 0.05) is 30.3 Å². The van der Waals surface area contributed by atoms with Crippen LogP contribution < -0.4 is 39.4 Å². The van der Waals surface area contributed by atoms with Gasteiger partial charge in [0.05, 0.1) is 12.2 Å². The molecule has 0 aliphatic carbocycles. The molecule has 0 radical (unpaired) electrons. The third-order valence-electron chi connectivity index (χ3n) is 5.17. The molecule has 2 aromatic rings. The molecule has 0 saturated carbocycles. The minimum absolute atomic E-state index is 0. The molecule has 0 aliphatic heterocycles. The molecule has 0 fully saturated rings. The van der Waals surface area contributed by atoms with Crippen LogP contribution in [0.3, 0.4) is 0 Å². The summed E-state index contributed by atoms with van der Waals surface area (Å²) in [6.07, 6.45) is -2.06. The summed E-state index contributed by atoms with van der Waals surface area (Å²) < 4.78 is 19.5. The van der Waals surface area contributed by atoms with Crippen molar-refractivity contribution >= 4 is 5.97 Å². The van der Waals surface area contributed by atoms with Gasteiger partial charge in [0.1, 0.15) is 18.2 Å². The van der Waals surface area contributed by atoms with Gasteiger partial charge in [-0.1, -0.05) is 43.7 Å². The van der Waals surface area contributed by atoms with E-state index in [2.05, 4.69) is 19.9 Å². The molecule has 2 rings (SSSR count). The van der Waals surface area contributed by atoms with E-state index in [1.54, 1.807) is 12.1 Å². The SMILES string of the molecule is Cc1cc(C)c(OC[C@@H](O)C[C@@H](O)CC(=O)[O-])c(C(CC(C)C)c2ccc(F)cc2)c1.[Na+]. The average molecular weight is 455 g/mol. The Morgan fingerprint density at radius 1 is 1.06 bits per heavy atom. The van der Waals surface area contributed by atoms with Crippen LogP contribution in [0.4, 0.5) is 4.39 Å². The van der Waals surface area contributed by atoms with Crippen LogP contribution in [0, 0.1) is 25.6 Å². The summed E-state index contributed by atoms with van der Waals surface area (Å²) >= 11 is 0. The van der Waals surface area contributed by atoms with Crippen molar-refractivity contribution in [2.24, 2.45) is 5.92 Å². The van der Waals surface area contributed by atoms with Crippen molar-refractivity contribution in [3.05, 3.63) is 64.5 Å². The van der Waals surface area contributed by atoms with Gasteiger partial charge in [-0.05, 0) is 49.4 Å². The van der Waals surface area contributed by atoms with Crippen molar-refractivity contribution in [1.82, 2.24) is 0 Å². The van der Waals surface area contributed by atoms with Crippen LogP contribution in [0.25, 0.3) is 0 Å². The fourth-order valence-corrected chi connectivity index (χ4v) is 3.89. The van der Waals surface area contributed by atoms with Crippen molar-refractivity contribution < 1.29 is 58.8 Å². The van der Waals surface area contributed by atoms with Crippen LogP contribution in [0.15, 0.2) is 36.4 Å². The first-order valence-corrected chi connectivity index (χ1v) is 10.6. The molecule has 5 nitrogen and oxygen atoms in total. The van der Waals surface area contributed by atoms with Gasteiger partial charge in [-0.3, -0.25) is 0 Å². The van der Waals surface area contributed by atoms with E-state index in [0.717, 1.165) is 28.7 Å². The Hall–Kier alpha value is -1.44. The van der Waals surface area contributed by atoms with Gasteiger partial charge in [-0.15, -0.1) is 0 Å². The number of aliphatic carboxylic acids is 1. The molecule has 1 unspecified atom stereocenters. The number of ether oxygens (including phenoxy) is 1. The van der Waals surface area contributed by atoms with Gasteiger partial charge >= 0.3 is 29.6 Å². The van der Waals surface area contributed by atoms with Crippen LogP contribution in [0.2, 0.25) is 0 Å². The Labute approximate surface area is 211 Å². The maximum atomic E-state index is 13.5. The Balaban J connectivity index is 0.00000512. The zero-order chi connectivity index (χ0) is 23.1. The number of carboxylic acid groups (broad SMARTS) is 1. The number of hydrogen-bond donors (Lipinski definition) is 2. The van der Waals surface area contributed by atoms with Crippen molar-refractivity contribution in [2.45, 2.75) is 65.1 Å². The third-order valence-corrected chi connectivity index (χ3v) is 5.17. The van der Waals surface area contributed by atoms with E-state index in [0.29, 0.717) is 11.7 Å².